The Bertz CT molecular complexity index is 931. The lowest BCUT2D eigenvalue weighted by molar-refractivity contribution is 0.0525. The number of Topliss-reactive ketones (excluding diaryl/α,β-unsaturated/α-hetero) is 1. The molecule has 0 bridgehead atoms. The van der Waals surface area contributed by atoms with Crippen molar-refractivity contribution in [1.82, 2.24) is 4.90 Å². The van der Waals surface area contributed by atoms with Crippen LogP contribution in [-0.4, -0.2) is 41.8 Å². The van der Waals surface area contributed by atoms with E-state index in [-0.39, 0.29) is 18.3 Å². The molecule has 3 rings (SSSR count). The summed E-state index contributed by atoms with van der Waals surface area (Å²) in [5.41, 5.74) is 2.44. The third-order valence-corrected chi connectivity index (χ3v) is 6.21. The maximum absolute atomic E-state index is 12.8. The lowest BCUT2D eigenvalue weighted by atomic mass is 10.0. The second-order valence-electron chi connectivity index (χ2n) is 7.33. The molecular weight excluding hydrogens is 388 g/mol. The Morgan fingerprint density at radius 2 is 1.83 bits per heavy atom. The number of amides is 1. The number of ether oxygens (including phenoxy) is 1. The SMILES string of the molecule is CCOC(=O)c1c(NC(=O)c2ccc(C(C)=O)cc2)sc2c1CCN(C(C)C)C2. The lowest BCUT2D eigenvalue weighted by Gasteiger charge is -2.30. The van der Waals surface area contributed by atoms with E-state index >= 15 is 0 Å². The maximum Gasteiger partial charge on any atom is 0.341 e. The first-order valence-corrected chi connectivity index (χ1v) is 10.6. The zero-order valence-electron chi connectivity index (χ0n) is 17.2. The van der Waals surface area contributed by atoms with Crippen LogP contribution in [0.1, 0.15) is 69.2 Å². The van der Waals surface area contributed by atoms with Crippen LogP contribution in [0.3, 0.4) is 0 Å². The van der Waals surface area contributed by atoms with Crippen molar-refractivity contribution in [2.24, 2.45) is 0 Å². The minimum Gasteiger partial charge on any atom is -0.462 e. The second-order valence-corrected chi connectivity index (χ2v) is 8.44. The number of rotatable bonds is 6. The fraction of sp³-hybridized carbons (Fsp3) is 0.409. The molecule has 7 heteroatoms. The first-order chi connectivity index (χ1) is 13.8. The highest BCUT2D eigenvalue weighted by Gasteiger charge is 2.30. The minimum atomic E-state index is -0.398. The van der Waals surface area contributed by atoms with Crippen LogP contribution in [0.25, 0.3) is 0 Å². The number of nitrogens with zero attached hydrogens (tertiary/aromatic N) is 1. The summed E-state index contributed by atoms with van der Waals surface area (Å²) >= 11 is 1.44. The van der Waals surface area contributed by atoms with Gasteiger partial charge >= 0.3 is 5.97 Å². The van der Waals surface area contributed by atoms with E-state index in [1.54, 1.807) is 31.2 Å². The molecule has 0 aliphatic carbocycles. The molecule has 0 spiro atoms. The van der Waals surface area contributed by atoms with Gasteiger partial charge in [0.1, 0.15) is 5.00 Å². The van der Waals surface area contributed by atoms with E-state index in [1.807, 2.05) is 0 Å². The second kappa shape index (κ2) is 8.88. The number of anilines is 1. The highest BCUT2D eigenvalue weighted by atomic mass is 32.1. The van der Waals surface area contributed by atoms with E-state index in [1.165, 1.54) is 18.3 Å². The normalized spacial score (nSPS) is 13.8. The third-order valence-electron chi connectivity index (χ3n) is 5.08. The van der Waals surface area contributed by atoms with Crippen molar-refractivity contribution in [2.75, 3.05) is 18.5 Å². The van der Waals surface area contributed by atoms with Gasteiger partial charge < -0.3 is 10.1 Å². The van der Waals surface area contributed by atoms with Crippen LogP contribution in [-0.2, 0) is 17.7 Å². The number of nitrogens with one attached hydrogen (secondary N) is 1. The van der Waals surface area contributed by atoms with E-state index in [0.717, 1.165) is 30.0 Å². The van der Waals surface area contributed by atoms with Crippen LogP contribution in [0.4, 0.5) is 5.00 Å². The fourth-order valence-electron chi connectivity index (χ4n) is 3.40. The Balaban J connectivity index is 1.90. The number of hydrogen-bond donors (Lipinski definition) is 1. The third kappa shape index (κ3) is 4.57. The van der Waals surface area contributed by atoms with E-state index in [0.29, 0.717) is 27.7 Å². The van der Waals surface area contributed by atoms with Gasteiger partial charge in [-0.05, 0) is 51.8 Å². The Hall–Kier alpha value is -2.51. The van der Waals surface area contributed by atoms with Gasteiger partial charge in [-0.3, -0.25) is 14.5 Å². The standard InChI is InChI=1S/C22H26N2O4S/c1-5-28-22(27)19-17-10-11-24(13(2)3)12-18(17)29-21(19)23-20(26)16-8-6-15(7-9-16)14(4)25/h6-9,13H,5,10-12H2,1-4H3,(H,23,26). The topological polar surface area (TPSA) is 75.7 Å². The van der Waals surface area contributed by atoms with Crippen molar-refractivity contribution < 1.29 is 19.1 Å². The van der Waals surface area contributed by atoms with Gasteiger partial charge in [-0.1, -0.05) is 12.1 Å². The van der Waals surface area contributed by atoms with Gasteiger partial charge in [0.25, 0.3) is 5.91 Å². The molecular formula is C22H26N2O4S. The molecule has 2 aromatic rings. The van der Waals surface area contributed by atoms with Crippen molar-refractivity contribution in [1.29, 1.82) is 0 Å². The quantitative estimate of drug-likeness (QED) is 0.568. The van der Waals surface area contributed by atoms with Crippen LogP contribution in [0, 0.1) is 0 Å². The number of thiophene rings is 1. The molecule has 1 N–H and O–H groups in total. The monoisotopic (exact) mass is 414 g/mol. The summed E-state index contributed by atoms with van der Waals surface area (Å²) in [4.78, 5) is 40.3. The smallest absolute Gasteiger partial charge is 0.341 e. The molecule has 0 saturated carbocycles. The molecule has 2 heterocycles. The van der Waals surface area contributed by atoms with Crippen molar-refractivity contribution in [3.63, 3.8) is 0 Å². The fourth-order valence-corrected chi connectivity index (χ4v) is 4.66. The summed E-state index contributed by atoms with van der Waals surface area (Å²) < 4.78 is 5.26. The van der Waals surface area contributed by atoms with Gasteiger partial charge in [0.2, 0.25) is 0 Å². The Morgan fingerprint density at radius 1 is 1.17 bits per heavy atom. The van der Waals surface area contributed by atoms with E-state index in [2.05, 4.69) is 24.1 Å². The van der Waals surface area contributed by atoms with Crippen LogP contribution in [0.2, 0.25) is 0 Å². The lowest BCUT2D eigenvalue weighted by Crippen LogP contribution is -2.35. The number of fused-ring (bicyclic) bond motifs is 1. The summed E-state index contributed by atoms with van der Waals surface area (Å²) in [6.07, 6.45) is 0.751. The van der Waals surface area contributed by atoms with Gasteiger partial charge in [-0.15, -0.1) is 11.3 Å². The van der Waals surface area contributed by atoms with Gasteiger partial charge in [-0.2, -0.15) is 0 Å². The van der Waals surface area contributed by atoms with Crippen LogP contribution in [0.15, 0.2) is 24.3 Å². The number of carbonyl (C=O) groups excluding carboxylic acids is 3. The molecule has 29 heavy (non-hydrogen) atoms. The van der Waals surface area contributed by atoms with Crippen molar-refractivity contribution in [3.8, 4) is 0 Å². The summed E-state index contributed by atoms with van der Waals surface area (Å²) in [7, 11) is 0. The van der Waals surface area contributed by atoms with Gasteiger partial charge in [0.05, 0.1) is 12.2 Å². The molecule has 6 nitrogen and oxygen atoms in total. The number of carbonyl (C=O) groups is 3. The van der Waals surface area contributed by atoms with E-state index in [9.17, 15) is 14.4 Å². The van der Waals surface area contributed by atoms with Crippen molar-refractivity contribution in [3.05, 3.63) is 51.4 Å². The molecule has 1 amide bonds. The van der Waals surface area contributed by atoms with E-state index < -0.39 is 5.97 Å². The van der Waals surface area contributed by atoms with Gasteiger partial charge in [-0.25, -0.2) is 4.79 Å². The highest BCUT2D eigenvalue weighted by Crippen LogP contribution is 2.38. The van der Waals surface area contributed by atoms with Crippen LogP contribution >= 0.6 is 11.3 Å². The van der Waals surface area contributed by atoms with Crippen molar-refractivity contribution in [2.45, 2.75) is 46.7 Å². The molecule has 1 aromatic carbocycles. The zero-order valence-corrected chi connectivity index (χ0v) is 18.0. The number of benzene rings is 1. The number of esters is 1. The predicted octanol–water partition coefficient (Wildman–Crippen LogP) is 4.15. The van der Waals surface area contributed by atoms with Crippen LogP contribution in [0.5, 0.6) is 0 Å². The van der Waals surface area contributed by atoms with Crippen molar-refractivity contribution >= 4 is 34.0 Å². The largest absolute Gasteiger partial charge is 0.462 e. The molecule has 1 aliphatic heterocycles. The molecule has 0 radical (unpaired) electrons. The average molecular weight is 415 g/mol. The predicted molar refractivity (Wildman–Crippen MR) is 114 cm³/mol. The summed E-state index contributed by atoms with van der Waals surface area (Å²) in [6.45, 7) is 9.46. The number of ketones is 1. The molecule has 0 atom stereocenters. The maximum atomic E-state index is 12.8. The highest BCUT2D eigenvalue weighted by molar-refractivity contribution is 7.17. The molecule has 0 fully saturated rings. The molecule has 0 unspecified atom stereocenters. The first kappa shape index (κ1) is 21.2. The average Bonchev–Trinajstić information content (AvgIpc) is 3.05. The zero-order chi connectivity index (χ0) is 21.1. The van der Waals surface area contributed by atoms with E-state index in [4.69, 9.17) is 4.74 Å². The molecule has 154 valence electrons. The molecule has 1 aliphatic rings. The summed E-state index contributed by atoms with van der Waals surface area (Å²) in [6, 6.07) is 6.90. The van der Waals surface area contributed by atoms with Crippen LogP contribution < -0.4 is 5.32 Å². The number of hydrogen-bond acceptors (Lipinski definition) is 6. The first-order valence-electron chi connectivity index (χ1n) is 9.79. The van der Waals surface area contributed by atoms with Gasteiger partial charge in [0.15, 0.2) is 5.78 Å². The molecule has 1 aromatic heterocycles. The molecule has 0 saturated heterocycles. The van der Waals surface area contributed by atoms with Gasteiger partial charge in [0, 0.05) is 35.1 Å². The Kier molecular flexibility index (Phi) is 6.49. The minimum absolute atomic E-state index is 0.0535. The Labute approximate surface area is 174 Å². The Morgan fingerprint density at radius 3 is 2.41 bits per heavy atom. The summed E-state index contributed by atoms with van der Waals surface area (Å²) in [5.74, 6) is -0.766. The summed E-state index contributed by atoms with van der Waals surface area (Å²) in [5, 5.41) is 3.42.